The molecule has 1 aromatic carbocycles. The molecular weight excluding hydrogens is 292 g/mol. The van der Waals surface area contributed by atoms with Gasteiger partial charge in [-0.2, -0.15) is 0 Å². The highest BCUT2D eigenvalue weighted by Crippen LogP contribution is 2.32. The Labute approximate surface area is 139 Å². The highest BCUT2D eigenvalue weighted by molar-refractivity contribution is 7.97. The number of benzene rings is 1. The fourth-order valence-electron chi connectivity index (χ4n) is 3.06. The van der Waals surface area contributed by atoms with Crippen molar-refractivity contribution in [3.05, 3.63) is 28.8 Å². The summed E-state index contributed by atoms with van der Waals surface area (Å²) >= 11 is 1.88. The molecule has 1 aliphatic rings. The van der Waals surface area contributed by atoms with E-state index in [-0.39, 0.29) is 5.91 Å². The van der Waals surface area contributed by atoms with Crippen molar-refractivity contribution in [1.29, 1.82) is 0 Å². The quantitative estimate of drug-likeness (QED) is 0.832. The zero-order valence-electron chi connectivity index (χ0n) is 14.2. The van der Waals surface area contributed by atoms with Crippen molar-refractivity contribution in [2.75, 3.05) is 13.1 Å². The zero-order chi connectivity index (χ0) is 16.1. The third-order valence-electron chi connectivity index (χ3n) is 4.12. The van der Waals surface area contributed by atoms with Crippen molar-refractivity contribution < 1.29 is 4.79 Å². The molecule has 22 heavy (non-hydrogen) atoms. The summed E-state index contributed by atoms with van der Waals surface area (Å²) in [6.07, 6.45) is 3.67. The molecule has 0 atom stereocenters. The number of rotatable bonds is 5. The minimum absolute atomic E-state index is 0.207. The summed E-state index contributed by atoms with van der Waals surface area (Å²) in [5, 5.41) is 3.16. The second-order valence-electron chi connectivity index (χ2n) is 6.34. The number of amides is 1. The number of hydrogen-bond donors (Lipinski definition) is 1. The Morgan fingerprint density at radius 3 is 2.36 bits per heavy atom. The third-order valence-corrected chi connectivity index (χ3v) is 5.57. The van der Waals surface area contributed by atoms with E-state index in [4.69, 9.17) is 0 Å². The van der Waals surface area contributed by atoms with Crippen LogP contribution in [0.5, 0.6) is 0 Å². The Morgan fingerprint density at radius 2 is 1.82 bits per heavy atom. The van der Waals surface area contributed by atoms with Crippen LogP contribution in [0.15, 0.2) is 17.0 Å². The van der Waals surface area contributed by atoms with Crippen molar-refractivity contribution in [3.63, 3.8) is 0 Å². The lowest BCUT2D eigenvalue weighted by molar-refractivity contribution is -0.122. The van der Waals surface area contributed by atoms with Crippen LogP contribution in [-0.2, 0) is 4.79 Å². The van der Waals surface area contributed by atoms with Gasteiger partial charge in [-0.25, -0.2) is 4.31 Å². The fourth-order valence-corrected chi connectivity index (χ4v) is 4.12. The monoisotopic (exact) mass is 320 g/mol. The van der Waals surface area contributed by atoms with Crippen molar-refractivity contribution in [2.24, 2.45) is 0 Å². The first-order valence-corrected chi connectivity index (χ1v) is 9.07. The van der Waals surface area contributed by atoms with Gasteiger partial charge in [0.05, 0.1) is 0 Å². The van der Waals surface area contributed by atoms with Gasteiger partial charge in [0.1, 0.15) is 0 Å². The zero-order valence-corrected chi connectivity index (χ0v) is 15.1. The van der Waals surface area contributed by atoms with Gasteiger partial charge < -0.3 is 5.32 Å². The van der Waals surface area contributed by atoms with Crippen LogP contribution < -0.4 is 5.32 Å². The average Bonchev–Trinajstić information content (AvgIpc) is 2.45. The van der Waals surface area contributed by atoms with Gasteiger partial charge in [0, 0.05) is 30.4 Å². The second-order valence-corrected chi connectivity index (χ2v) is 7.45. The summed E-state index contributed by atoms with van der Waals surface area (Å²) in [6, 6.07) is 4.87. The Bertz CT molecular complexity index is 499. The average molecular weight is 321 g/mol. The number of hydrogen-bond acceptors (Lipinski definition) is 3. The van der Waals surface area contributed by atoms with Crippen LogP contribution in [0.1, 0.15) is 49.3 Å². The highest BCUT2D eigenvalue weighted by Gasteiger charge is 2.22. The van der Waals surface area contributed by atoms with Crippen LogP contribution in [0.4, 0.5) is 0 Å². The number of carbonyl (C=O) groups is 1. The Morgan fingerprint density at radius 1 is 1.23 bits per heavy atom. The van der Waals surface area contributed by atoms with E-state index >= 15 is 0 Å². The Kier molecular flexibility index (Phi) is 6.33. The predicted octanol–water partition coefficient (Wildman–Crippen LogP) is 4.00. The van der Waals surface area contributed by atoms with Crippen LogP contribution in [-0.4, -0.2) is 29.3 Å². The van der Waals surface area contributed by atoms with Crippen LogP contribution in [0.2, 0.25) is 0 Å². The van der Waals surface area contributed by atoms with Crippen LogP contribution in [0.25, 0.3) is 0 Å². The number of nitrogens with zero attached hydrogens (tertiary/aromatic N) is 1. The van der Waals surface area contributed by atoms with E-state index in [1.54, 1.807) is 0 Å². The smallest absolute Gasteiger partial charge is 0.220 e. The first-order valence-electron chi connectivity index (χ1n) is 8.29. The largest absolute Gasteiger partial charge is 0.353 e. The molecule has 1 aliphatic heterocycles. The minimum atomic E-state index is 0.207. The number of piperidine rings is 1. The molecule has 0 radical (unpaired) electrons. The minimum Gasteiger partial charge on any atom is -0.353 e. The molecule has 2 rings (SSSR count). The van der Waals surface area contributed by atoms with Crippen molar-refractivity contribution in [3.8, 4) is 0 Å². The van der Waals surface area contributed by atoms with Gasteiger partial charge in [-0.05, 0) is 63.1 Å². The lowest BCUT2D eigenvalue weighted by atomic mass is 10.1. The van der Waals surface area contributed by atoms with E-state index in [9.17, 15) is 4.79 Å². The highest BCUT2D eigenvalue weighted by atomic mass is 32.2. The number of carbonyl (C=O) groups excluding carboxylic acids is 1. The molecule has 1 aromatic rings. The second kappa shape index (κ2) is 8.02. The van der Waals surface area contributed by atoms with Gasteiger partial charge in [0.2, 0.25) is 5.91 Å². The summed E-state index contributed by atoms with van der Waals surface area (Å²) in [5.74, 6) is 0.207. The predicted molar refractivity (Wildman–Crippen MR) is 94.2 cm³/mol. The fraction of sp³-hybridized carbons (Fsp3) is 0.611. The maximum atomic E-state index is 11.7. The third kappa shape index (κ3) is 4.75. The molecule has 0 saturated carbocycles. The number of aryl methyl sites for hydroxylation is 3. The standard InChI is InChI=1S/C18H28N2OS/c1-5-6-17(21)19-16-7-9-20(10-8-16)22-18-14(3)11-13(2)12-15(18)4/h11-12,16H,5-10H2,1-4H3,(H,19,21). The van der Waals surface area contributed by atoms with Gasteiger partial charge in [-0.15, -0.1) is 0 Å². The molecule has 122 valence electrons. The molecule has 1 heterocycles. The Balaban J connectivity index is 1.86. The van der Waals surface area contributed by atoms with E-state index in [1.807, 2.05) is 18.9 Å². The molecule has 1 fully saturated rings. The molecule has 0 unspecified atom stereocenters. The molecular formula is C18H28N2OS. The van der Waals surface area contributed by atoms with Gasteiger partial charge in [0.15, 0.2) is 0 Å². The SMILES string of the molecule is CCCC(=O)NC1CCN(Sc2c(C)cc(C)cc2C)CC1. The van der Waals surface area contributed by atoms with Gasteiger partial charge in [-0.3, -0.25) is 4.79 Å². The summed E-state index contributed by atoms with van der Waals surface area (Å²) in [7, 11) is 0. The first-order chi connectivity index (χ1) is 10.5. The summed E-state index contributed by atoms with van der Waals surface area (Å²) < 4.78 is 2.44. The van der Waals surface area contributed by atoms with Crippen molar-refractivity contribution in [2.45, 2.75) is 64.3 Å². The molecule has 1 N–H and O–H groups in total. The van der Waals surface area contributed by atoms with Crippen LogP contribution in [0.3, 0.4) is 0 Å². The molecule has 1 saturated heterocycles. The van der Waals surface area contributed by atoms with Crippen LogP contribution in [0, 0.1) is 20.8 Å². The van der Waals surface area contributed by atoms with Crippen LogP contribution >= 0.6 is 11.9 Å². The molecule has 1 amide bonds. The Hall–Kier alpha value is -1.00. The molecule has 3 nitrogen and oxygen atoms in total. The molecule has 0 aromatic heterocycles. The lowest BCUT2D eigenvalue weighted by Crippen LogP contribution is -2.42. The summed E-state index contributed by atoms with van der Waals surface area (Å²) in [5.41, 5.74) is 4.05. The number of nitrogens with one attached hydrogen (secondary N) is 1. The van der Waals surface area contributed by atoms with Gasteiger partial charge in [-0.1, -0.05) is 24.6 Å². The van der Waals surface area contributed by atoms with E-state index in [0.29, 0.717) is 12.5 Å². The molecule has 0 aliphatic carbocycles. The normalized spacial score (nSPS) is 16.7. The van der Waals surface area contributed by atoms with Crippen molar-refractivity contribution in [1.82, 2.24) is 9.62 Å². The molecule has 0 bridgehead atoms. The van der Waals surface area contributed by atoms with E-state index in [2.05, 4.69) is 42.5 Å². The topological polar surface area (TPSA) is 32.3 Å². The summed E-state index contributed by atoms with van der Waals surface area (Å²) in [6.45, 7) is 10.7. The van der Waals surface area contributed by atoms with E-state index in [0.717, 1.165) is 32.4 Å². The van der Waals surface area contributed by atoms with Gasteiger partial charge in [0.25, 0.3) is 0 Å². The lowest BCUT2D eigenvalue weighted by Gasteiger charge is -2.32. The molecule has 0 spiro atoms. The first kappa shape index (κ1) is 17.4. The van der Waals surface area contributed by atoms with E-state index < -0.39 is 0 Å². The van der Waals surface area contributed by atoms with Crippen molar-refractivity contribution >= 4 is 17.9 Å². The molecule has 4 heteroatoms. The summed E-state index contributed by atoms with van der Waals surface area (Å²) in [4.78, 5) is 13.1. The maximum absolute atomic E-state index is 11.7. The van der Waals surface area contributed by atoms with E-state index in [1.165, 1.54) is 21.6 Å². The maximum Gasteiger partial charge on any atom is 0.220 e. The van der Waals surface area contributed by atoms with Gasteiger partial charge >= 0.3 is 0 Å².